The van der Waals surface area contributed by atoms with Crippen LogP contribution in [0.1, 0.15) is 25.7 Å². The van der Waals surface area contributed by atoms with Crippen LogP contribution < -0.4 is 0 Å². The quantitative estimate of drug-likeness (QED) is 0.428. The molecular weight excluding hydrogens is 592 g/mol. The molecule has 0 aromatic heterocycles. The summed E-state index contributed by atoms with van der Waals surface area (Å²) >= 11 is 0. The second-order valence-electron chi connectivity index (χ2n) is 1.82. The summed E-state index contributed by atoms with van der Waals surface area (Å²) < 4.78 is 0. The Morgan fingerprint density at radius 3 is 1.36 bits per heavy atom. The SMILES string of the molecule is O=[C-]O.[CH-]1CC[CH-]CC1.[U+2].[U]. The van der Waals surface area contributed by atoms with Gasteiger partial charge < -0.3 is 22.7 Å². The number of aliphatic hydroxyl groups excluding tert-OH is 1. The van der Waals surface area contributed by atoms with Gasteiger partial charge >= 0.3 is 31.1 Å². The van der Waals surface area contributed by atoms with E-state index in [1.807, 2.05) is 0 Å². The zero-order valence-corrected chi connectivity index (χ0v) is 14.7. The van der Waals surface area contributed by atoms with E-state index in [-0.39, 0.29) is 62.2 Å². The maximum Gasteiger partial charge on any atom is 2.00 e. The van der Waals surface area contributed by atoms with E-state index in [9.17, 15) is 0 Å². The molecule has 2 nitrogen and oxygen atoms in total. The van der Waals surface area contributed by atoms with E-state index in [1.54, 1.807) is 0 Å². The predicted octanol–water partition coefficient (Wildman–Crippen LogP) is 1.58. The standard InChI is InChI=1S/C6H10.CHO2.2U/c1-2-4-6-5-3-1;2-1-3;;/h1,6H,2-5H2;(H,2,3);;/q-2;-1;;+2. The molecule has 4 heteroatoms. The normalized spacial score (nSPS) is 14.2. The van der Waals surface area contributed by atoms with Crippen LogP contribution in [0, 0.1) is 75.1 Å². The summed E-state index contributed by atoms with van der Waals surface area (Å²) in [6, 6.07) is 0. The summed E-state index contributed by atoms with van der Waals surface area (Å²) in [6.07, 6.45) is 10.0. The van der Waals surface area contributed by atoms with Crippen LogP contribution in [0.4, 0.5) is 0 Å². The molecule has 0 radical (unpaired) electrons. The molecule has 1 fully saturated rings. The summed E-state index contributed by atoms with van der Waals surface area (Å²) in [5.74, 6) is 0. The second kappa shape index (κ2) is 17.6. The fourth-order valence-electron chi connectivity index (χ4n) is 0.760. The molecule has 1 saturated carbocycles. The van der Waals surface area contributed by atoms with Crippen molar-refractivity contribution in [2.45, 2.75) is 25.7 Å². The Labute approximate surface area is 116 Å². The van der Waals surface area contributed by atoms with Gasteiger partial charge in [0.25, 0.3) is 0 Å². The molecule has 0 aliphatic heterocycles. The topological polar surface area (TPSA) is 37.3 Å². The van der Waals surface area contributed by atoms with Crippen molar-refractivity contribution < 1.29 is 72.1 Å². The molecule has 0 heterocycles. The van der Waals surface area contributed by atoms with Crippen molar-refractivity contribution in [2.75, 3.05) is 0 Å². The van der Waals surface area contributed by atoms with Crippen molar-refractivity contribution in [3.63, 3.8) is 0 Å². The van der Waals surface area contributed by atoms with Gasteiger partial charge in [0.1, 0.15) is 0 Å². The van der Waals surface area contributed by atoms with Gasteiger partial charge in [-0.25, -0.2) is 25.7 Å². The van der Waals surface area contributed by atoms with Crippen LogP contribution in [-0.4, -0.2) is 11.6 Å². The Balaban J connectivity index is -0.000000116. The van der Waals surface area contributed by atoms with Crippen LogP contribution in [0.25, 0.3) is 0 Å². The van der Waals surface area contributed by atoms with Crippen LogP contribution in [0.15, 0.2) is 0 Å². The molecule has 0 aromatic carbocycles. The minimum atomic E-state index is 0. The number of hydrogen-bond acceptors (Lipinski definition) is 1. The van der Waals surface area contributed by atoms with E-state index in [0.717, 1.165) is 0 Å². The zero-order valence-electron chi connectivity index (χ0n) is 6.34. The molecule has 1 N–H and O–H groups in total. The molecule has 1 aliphatic rings. The van der Waals surface area contributed by atoms with E-state index in [2.05, 4.69) is 12.8 Å². The molecule has 0 bridgehead atoms. The fraction of sp³-hybridized carbons (Fsp3) is 0.571. The Morgan fingerprint density at radius 2 is 1.27 bits per heavy atom. The maximum absolute atomic E-state index is 8.24. The van der Waals surface area contributed by atoms with Crippen molar-refractivity contribution >= 4 is 6.47 Å². The van der Waals surface area contributed by atoms with Crippen molar-refractivity contribution in [3.05, 3.63) is 12.8 Å². The Bertz CT molecular complexity index is 54.0. The number of hydrogen-bond donors (Lipinski definition) is 1. The average Bonchev–Trinajstić information content (AvgIpc) is 1.93. The zero-order chi connectivity index (χ0) is 6.95. The van der Waals surface area contributed by atoms with Gasteiger partial charge in [-0.3, -0.25) is 0 Å². The predicted molar refractivity (Wildman–Crippen MR) is 35.4 cm³/mol. The minimum absolute atomic E-state index is 0. The van der Waals surface area contributed by atoms with Crippen LogP contribution in [0.5, 0.6) is 0 Å². The van der Waals surface area contributed by atoms with Crippen LogP contribution in [0.2, 0.25) is 0 Å². The van der Waals surface area contributed by atoms with Gasteiger partial charge in [-0.1, -0.05) is 6.47 Å². The Hall–Kier alpha value is 1.57. The molecule has 60 valence electrons. The molecule has 1 rings (SSSR count). The van der Waals surface area contributed by atoms with Crippen molar-refractivity contribution in [2.24, 2.45) is 0 Å². The van der Waals surface area contributed by atoms with Gasteiger partial charge in [-0.2, -0.15) is 0 Å². The third-order valence-electron chi connectivity index (χ3n) is 1.15. The summed E-state index contributed by atoms with van der Waals surface area (Å²) in [4.78, 5) is 8.24. The van der Waals surface area contributed by atoms with Gasteiger partial charge in [0.2, 0.25) is 0 Å². The molecule has 0 unspecified atom stereocenters. The molecular formula is C7H11O2U2-. The minimum Gasteiger partial charge on any atom is -0.665 e. The van der Waals surface area contributed by atoms with E-state index in [0.29, 0.717) is 6.47 Å². The number of rotatable bonds is 0. The van der Waals surface area contributed by atoms with E-state index < -0.39 is 0 Å². The first-order chi connectivity index (χ1) is 4.41. The van der Waals surface area contributed by atoms with Gasteiger partial charge in [0, 0.05) is 31.1 Å². The van der Waals surface area contributed by atoms with Gasteiger partial charge in [0.05, 0.1) is 0 Å². The summed E-state index contributed by atoms with van der Waals surface area (Å²) in [5.41, 5.74) is 0. The maximum atomic E-state index is 8.24. The Morgan fingerprint density at radius 1 is 1.09 bits per heavy atom. The first-order valence-corrected chi connectivity index (χ1v) is 3.06. The third-order valence-corrected chi connectivity index (χ3v) is 1.15. The molecule has 0 saturated heterocycles. The smallest absolute Gasteiger partial charge is 0.665 e. The van der Waals surface area contributed by atoms with Gasteiger partial charge in [-0.05, 0) is 0 Å². The van der Waals surface area contributed by atoms with E-state index >= 15 is 0 Å². The fourth-order valence-corrected chi connectivity index (χ4v) is 0.760. The van der Waals surface area contributed by atoms with Gasteiger partial charge in [0.15, 0.2) is 0 Å². The van der Waals surface area contributed by atoms with Gasteiger partial charge in [-0.15, -0.1) is 0 Å². The molecule has 0 amide bonds. The summed E-state index contributed by atoms with van der Waals surface area (Å²) in [6.45, 7) is 0.500. The average molecular weight is 603 g/mol. The van der Waals surface area contributed by atoms with Crippen molar-refractivity contribution in [3.8, 4) is 0 Å². The Kier molecular flexibility index (Phi) is 29.4. The second-order valence-corrected chi connectivity index (χ2v) is 1.82. The van der Waals surface area contributed by atoms with E-state index in [1.165, 1.54) is 25.7 Å². The van der Waals surface area contributed by atoms with Crippen LogP contribution in [-0.2, 0) is 4.79 Å². The molecule has 11 heavy (non-hydrogen) atoms. The first-order valence-electron chi connectivity index (χ1n) is 3.06. The summed E-state index contributed by atoms with van der Waals surface area (Å²) in [5, 5.41) is 6.76. The molecule has 1 aliphatic carbocycles. The molecule has 0 atom stereocenters. The first kappa shape index (κ1) is 18.4. The monoisotopic (exact) mass is 603 g/mol. The van der Waals surface area contributed by atoms with Crippen LogP contribution >= 0.6 is 0 Å². The van der Waals surface area contributed by atoms with Crippen molar-refractivity contribution in [1.29, 1.82) is 0 Å². The molecule has 0 spiro atoms. The molecule has 0 aromatic rings. The van der Waals surface area contributed by atoms with Crippen LogP contribution in [0.3, 0.4) is 0 Å². The van der Waals surface area contributed by atoms with Crippen molar-refractivity contribution in [1.82, 2.24) is 0 Å². The largest absolute Gasteiger partial charge is 2.00 e. The third kappa shape index (κ3) is 18.5. The summed E-state index contributed by atoms with van der Waals surface area (Å²) in [7, 11) is 0. The van der Waals surface area contributed by atoms with E-state index in [4.69, 9.17) is 9.90 Å².